The van der Waals surface area contributed by atoms with Gasteiger partial charge < -0.3 is 10.7 Å². The first-order valence-corrected chi connectivity index (χ1v) is 7.27. The van der Waals surface area contributed by atoms with Gasteiger partial charge in [0.15, 0.2) is 0 Å². The standard InChI is InChI=1S/C15H19N3OS/c1-9-4-6-12(13(8-9)18-16)15(19)17-11(3)14-7-5-10(2)20-14/h4-8,11,18H,16H2,1-3H3,(H,17,19). The van der Waals surface area contributed by atoms with Crippen LogP contribution in [0, 0.1) is 13.8 Å². The molecule has 0 aliphatic heterocycles. The summed E-state index contributed by atoms with van der Waals surface area (Å²) in [5, 5.41) is 3.00. The molecule has 0 saturated carbocycles. The van der Waals surface area contributed by atoms with Gasteiger partial charge in [0.05, 0.1) is 17.3 Å². The van der Waals surface area contributed by atoms with Crippen LogP contribution in [0.1, 0.15) is 38.6 Å². The van der Waals surface area contributed by atoms with Crippen LogP contribution in [0.2, 0.25) is 0 Å². The minimum Gasteiger partial charge on any atom is -0.345 e. The monoisotopic (exact) mass is 289 g/mol. The van der Waals surface area contributed by atoms with Gasteiger partial charge in [-0.3, -0.25) is 10.6 Å². The van der Waals surface area contributed by atoms with Gasteiger partial charge in [-0.05, 0) is 50.6 Å². The van der Waals surface area contributed by atoms with E-state index in [0.717, 1.165) is 10.4 Å². The van der Waals surface area contributed by atoms with Gasteiger partial charge in [0.25, 0.3) is 5.91 Å². The average molecular weight is 289 g/mol. The first kappa shape index (κ1) is 14.6. The Kier molecular flexibility index (Phi) is 4.42. The van der Waals surface area contributed by atoms with Crippen molar-refractivity contribution in [2.24, 2.45) is 5.84 Å². The third-order valence-electron chi connectivity index (χ3n) is 3.11. The van der Waals surface area contributed by atoms with Gasteiger partial charge in [0.2, 0.25) is 0 Å². The molecule has 0 aliphatic rings. The quantitative estimate of drug-likeness (QED) is 0.598. The number of nitrogens with one attached hydrogen (secondary N) is 2. The van der Waals surface area contributed by atoms with Gasteiger partial charge in [0, 0.05) is 9.75 Å². The topological polar surface area (TPSA) is 67.2 Å². The van der Waals surface area contributed by atoms with Crippen molar-refractivity contribution in [2.75, 3.05) is 5.43 Å². The van der Waals surface area contributed by atoms with Crippen LogP contribution in [0.5, 0.6) is 0 Å². The second-order valence-corrected chi connectivity index (χ2v) is 6.16. The molecule has 5 heteroatoms. The predicted octanol–water partition coefficient (Wildman–Crippen LogP) is 3.14. The Labute approximate surface area is 123 Å². The zero-order chi connectivity index (χ0) is 14.7. The first-order chi connectivity index (χ1) is 9.51. The van der Waals surface area contributed by atoms with Crippen molar-refractivity contribution in [2.45, 2.75) is 26.8 Å². The Balaban J connectivity index is 2.16. The van der Waals surface area contributed by atoms with E-state index in [9.17, 15) is 4.79 Å². The van der Waals surface area contributed by atoms with E-state index >= 15 is 0 Å². The van der Waals surface area contributed by atoms with Crippen molar-refractivity contribution in [3.05, 3.63) is 51.2 Å². The number of nitrogen functional groups attached to an aromatic ring is 1. The average Bonchev–Trinajstić information content (AvgIpc) is 2.85. The summed E-state index contributed by atoms with van der Waals surface area (Å²) in [6.45, 7) is 5.99. The molecule has 1 aromatic heterocycles. The molecule has 4 N–H and O–H groups in total. The molecule has 0 fully saturated rings. The number of hydrogen-bond acceptors (Lipinski definition) is 4. The highest BCUT2D eigenvalue weighted by Gasteiger charge is 2.15. The summed E-state index contributed by atoms with van der Waals surface area (Å²) in [6.07, 6.45) is 0. The molecule has 2 rings (SSSR count). The zero-order valence-corrected chi connectivity index (χ0v) is 12.7. The fourth-order valence-corrected chi connectivity index (χ4v) is 2.89. The Hall–Kier alpha value is -1.85. The molecular weight excluding hydrogens is 270 g/mol. The maximum Gasteiger partial charge on any atom is 0.253 e. The molecule has 106 valence electrons. The van der Waals surface area contributed by atoms with E-state index in [1.54, 1.807) is 17.4 Å². The van der Waals surface area contributed by atoms with E-state index in [1.165, 1.54) is 4.88 Å². The number of aryl methyl sites for hydroxylation is 2. The Morgan fingerprint density at radius 3 is 2.60 bits per heavy atom. The smallest absolute Gasteiger partial charge is 0.253 e. The van der Waals surface area contributed by atoms with Crippen LogP contribution < -0.4 is 16.6 Å². The summed E-state index contributed by atoms with van der Waals surface area (Å²) in [4.78, 5) is 14.7. The second-order valence-electron chi connectivity index (χ2n) is 4.84. The van der Waals surface area contributed by atoms with E-state index in [0.29, 0.717) is 11.3 Å². The molecule has 0 aliphatic carbocycles. The number of amides is 1. The van der Waals surface area contributed by atoms with Gasteiger partial charge in [-0.1, -0.05) is 6.07 Å². The maximum absolute atomic E-state index is 12.3. The molecular formula is C15H19N3OS. The van der Waals surface area contributed by atoms with Gasteiger partial charge >= 0.3 is 0 Å². The molecule has 2 aromatic rings. The minimum absolute atomic E-state index is 0.0203. The highest BCUT2D eigenvalue weighted by atomic mass is 32.1. The summed E-state index contributed by atoms with van der Waals surface area (Å²) in [6, 6.07) is 9.62. The largest absolute Gasteiger partial charge is 0.345 e. The molecule has 1 amide bonds. The normalized spacial score (nSPS) is 12.0. The van der Waals surface area contributed by atoms with Crippen LogP contribution >= 0.6 is 11.3 Å². The van der Waals surface area contributed by atoms with Crippen molar-refractivity contribution in [1.82, 2.24) is 5.32 Å². The third kappa shape index (κ3) is 3.18. The van der Waals surface area contributed by atoms with Crippen molar-refractivity contribution in [3.63, 3.8) is 0 Å². The molecule has 1 aromatic carbocycles. The Bertz CT molecular complexity index is 621. The molecule has 0 radical (unpaired) electrons. The maximum atomic E-state index is 12.3. The number of carbonyl (C=O) groups is 1. The number of carbonyl (C=O) groups excluding carboxylic acids is 1. The van der Waals surface area contributed by atoms with E-state index < -0.39 is 0 Å². The number of thiophene rings is 1. The molecule has 20 heavy (non-hydrogen) atoms. The van der Waals surface area contributed by atoms with E-state index in [2.05, 4.69) is 23.7 Å². The molecule has 1 heterocycles. The lowest BCUT2D eigenvalue weighted by Crippen LogP contribution is -2.27. The summed E-state index contributed by atoms with van der Waals surface area (Å²) < 4.78 is 0. The number of nitrogens with two attached hydrogens (primary N) is 1. The van der Waals surface area contributed by atoms with Crippen LogP contribution in [-0.4, -0.2) is 5.91 Å². The van der Waals surface area contributed by atoms with Gasteiger partial charge in [0.1, 0.15) is 0 Å². The molecule has 1 atom stereocenters. The Morgan fingerprint density at radius 2 is 2.00 bits per heavy atom. The van der Waals surface area contributed by atoms with Gasteiger partial charge in [-0.2, -0.15) is 0 Å². The van der Waals surface area contributed by atoms with Crippen LogP contribution in [0.4, 0.5) is 5.69 Å². The van der Waals surface area contributed by atoms with Gasteiger partial charge in [-0.15, -0.1) is 11.3 Å². The van der Waals surface area contributed by atoms with Crippen molar-refractivity contribution < 1.29 is 4.79 Å². The van der Waals surface area contributed by atoms with Crippen LogP contribution in [0.3, 0.4) is 0 Å². The fraction of sp³-hybridized carbons (Fsp3) is 0.267. The first-order valence-electron chi connectivity index (χ1n) is 6.45. The fourth-order valence-electron chi connectivity index (χ4n) is 2.01. The zero-order valence-electron chi connectivity index (χ0n) is 11.9. The van der Waals surface area contributed by atoms with Crippen molar-refractivity contribution in [1.29, 1.82) is 0 Å². The SMILES string of the molecule is Cc1ccc(C(=O)NC(C)c2ccc(C)s2)c(NN)c1. The molecule has 0 spiro atoms. The third-order valence-corrected chi connectivity index (χ3v) is 4.29. The summed E-state index contributed by atoms with van der Waals surface area (Å²) in [5.74, 6) is 5.35. The van der Waals surface area contributed by atoms with E-state index in [4.69, 9.17) is 5.84 Å². The molecule has 4 nitrogen and oxygen atoms in total. The number of hydrogen-bond donors (Lipinski definition) is 3. The number of hydrazine groups is 1. The summed E-state index contributed by atoms with van der Waals surface area (Å²) in [7, 11) is 0. The highest BCUT2D eigenvalue weighted by molar-refractivity contribution is 7.12. The lowest BCUT2D eigenvalue weighted by atomic mass is 10.1. The second kappa shape index (κ2) is 6.07. The van der Waals surface area contributed by atoms with Gasteiger partial charge in [-0.25, -0.2) is 0 Å². The minimum atomic E-state index is -0.128. The van der Waals surface area contributed by atoms with Crippen molar-refractivity contribution >= 4 is 22.9 Å². The Morgan fingerprint density at radius 1 is 1.25 bits per heavy atom. The van der Waals surface area contributed by atoms with Crippen LogP contribution in [-0.2, 0) is 0 Å². The van der Waals surface area contributed by atoms with Crippen LogP contribution in [0.25, 0.3) is 0 Å². The summed E-state index contributed by atoms with van der Waals surface area (Å²) in [5.41, 5.74) is 4.82. The molecule has 0 bridgehead atoms. The summed E-state index contributed by atoms with van der Waals surface area (Å²) >= 11 is 1.69. The number of rotatable bonds is 4. The van der Waals surface area contributed by atoms with E-state index in [-0.39, 0.29) is 11.9 Å². The number of benzene rings is 1. The lowest BCUT2D eigenvalue weighted by Gasteiger charge is -2.14. The molecule has 0 saturated heterocycles. The number of anilines is 1. The van der Waals surface area contributed by atoms with Crippen molar-refractivity contribution in [3.8, 4) is 0 Å². The lowest BCUT2D eigenvalue weighted by molar-refractivity contribution is 0.0941. The van der Waals surface area contributed by atoms with E-state index in [1.807, 2.05) is 32.0 Å². The predicted molar refractivity (Wildman–Crippen MR) is 83.9 cm³/mol. The van der Waals surface area contributed by atoms with Crippen LogP contribution in [0.15, 0.2) is 30.3 Å². The molecule has 1 unspecified atom stereocenters. The highest BCUT2D eigenvalue weighted by Crippen LogP contribution is 2.23.